The molecule has 1 heterocycles. The number of halogens is 1. The van der Waals surface area contributed by atoms with Gasteiger partial charge in [0.25, 0.3) is 5.91 Å². The molecule has 1 amide bonds. The van der Waals surface area contributed by atoms with Crippen LogP contribution in [0, 0.1) is 0 Å². The average molecular weight is 449 g/mol. The van der Waals surface area contributed by atoms with Crippen molar-refractivity contribution in [3.63, 3.8) is 0 Å². The molecular formula is C23H29ClN2O3S. The minimum atomic E-state index is -3.65. The van der Waals surface area contributed by atoms with Crippen LogP contribution in [0.2, 0.25) is 5.02 Å². The fraction of sp³-hybridized carbons (Fsp3) is 0.435. The van der Waals surface area contributed by atoms with Crippen LogP contribution in [-0.4, -0.2) is 31.7 Å². The topological polar surface area (TPSA) is 66.5 Å². The Labute approximate surface area is 184 Å². The molecular weight excluding hydrogens is 420 g/mol. The molecule has 0 radical (unpaired) electrons. The van der Waals surface area contributed by atoms with Gasteiger partial charge in [0.05, 0.1) is 21.5 Å². The van der Waals surface area contributed by atoms with Gasteiger partial charge in [0.15, 0.2) is 0 Å². The molecule has 2 aromatic carbocycles. The zero-order valence-electron chi connectivity index (χ0n) is 17.5. The number of aryl methyl sites for hydroxylation is 1. The number of carbonyl (C=O) groups is 1. The predicted molar refractivity (Wildman–Crippen MR) is 120 cm³/mol. The highest BCUT2D eigenvalue weighted by Crippen LogP contribution is 2.25. The normalized spacial score (nSPS) is 16.6. The van der Waals surface area contributed by atoms with Crippen LogP contribution in [-0.2, 0) is 16.4 Å². The van der Waals surface area contributed by atoms with E-state index in [-0.39, 0.29) is 27.4 Å². The van der Waals surface area contributed by atoms with Crippen molar-refractivity contribution >= 4 is 27.5 Å². The fourth-order valence-corrected chi connectivity index (χ4v) is 5.42. The van der Waals surface area contributed by atoms with Gasteiger partial charge in [-0.15, -0.1) is 0 Å². The van der Waals surface area contributed by atoms with E-state index < -0.39 is 10.0 Å². The van der Waals surface area contributed by atoms with E-state index in [0.29, 0.717) is 13.1 Å². The highest BCUT2D eigenvalue weighted by Gasteiger charge is 2.27. The first-order valence-corrected chi connectivity index (χ1v) is 12.3. The van der Waals surface area contributed by atoms with Gasteiger partial charge in [0.1, 0.15) is 0 Å². The largest absolute Gasteiger partial charge is 0.345 e. The van der Waals surface area contributed by atoms with Crippen molar-refractivity contribution in [3.8, 4) is 0 Å². The van der Waals surface area contributed by atoms with E-state index in [4.69, 9.17) is 11.6 Å². The third-order valence-corrected chi connectivity index (χ3v) is 7.85. The number of nitrogens with one attached hydrogen (secondary N) is 1. The molecule has 0 spiro atoms. The average Bonchev–Trinajstić information content (AvgIpc) is 3.04. The Bertz CT molecular complexity index is 982. The van der Waals surface area contributed by atoms with Crippen molar-refractivity contribution in [2.24, 2.45) is 0 Å². The predicted octanol–water partition coefficient (Wildman–Crippen LogP) is 4.96. The maximum absolute atomic E-state index is 13.1. The molecule has 2 aromatic rings. The summed E-state index contributed by atoms with van der Waals surface area (Å²) >= 11 is 6.25. The van der Waals surface area contributed by atoms with Gasteiger partial charge in [-0.2, -0.15) is 4.31 Å². The van der Waals surface area contributed by atoms with E-state index in [9.17, 15) is 13.2 Å². The van der Waals surface area contributed by atoms with Gasteiger partial charge in [-0.3, -0.25) is 4.79 Å². The van der Waals surface area contributed by atoms with E-state index in [1.165, 1.54) is 28.1 Å². The molecule has 162 valence electrons. The zero-order valence-corrected chi connectivity index (χ0v) is 19.1. The van der Waals surface area contributed by atoms with Gasteiger partial charge >= 0.3 is 0 Å². The minimum absolute atomic E-state index is 0.110. The minimum Gasteiger partial charge on any atom is -0.345 e. The smallest absolute Gasteiger partial charge is 0.253 e. The number of sulfonamides is 1. The molecule has 1 aliphatic heterocycles. The van der Waals surface area contributed by atoms with Crippen LogP contribution in [0.3, 0.4) is 0 Å². The summed E-state index contributed by atoms with van der Waals surface area (Å²) in [7, 11) is -3.65. The SMILES string of the molecule is CCc1ccc(C(C)NC(=O)c2cc(S(=O)(=O)N3CCCCCC3)ccc2Cl)cc1. The summed E-state index contributed by atoms with van der Waals surface area (Å²) in [4.78, 5) is 13.0. The van der Waals surface area contributed by atoms with Crippen molar-refractivity contribution in [3.05, 3.63) is 64.2 Å². The molecule has 0 saturated carbocycles. The summed E-state index contributed by atoms with van der Waals surface area (Å²) in [5, 5.41) is 3.16. The van der Waals surface area contributed by atoms with Crippen molar-refractivity contribution in [2.45, 2.75) is 56.9 Å². The summed E-state index contributed by atoms with van der Waals surface area (Å²) in [5.74, 6) is -0.389. The third kappa shape index (κ3) is 5.23. The lowest BCUT2D eigenvalue weighted by Crippen LogP contribution is -2.32. The second-order valence-corrected chi connectivity index (χ2v) is 10.1. The van der Waals surface area contributed by atoms with Crippen LogP contribution in [0.25, 0.3) is 0 Å². The number of amides is 1. The summed E-state index contributed by atoms with van der Waals surface area (Å²) < 4.78 is 27.7. The standard InChI is InChI=1S/C23H29ClN2O3S/c1-3-18-8-10-19(11-9-18)17(2)25-23(27)21-16-20(12-13-22(21)24)30(28,29)26-14-6-4-5-7-15-26/h8-13,16-17H,3-7,14-15H2,1-2H3,(H,25,27). The number of hydrogen-bond acceptors (Lipinski definition) is 3. The van der Waals surface area contributed by atoms with Crippen LogP contribution in [0.5, 0.6) is 0 Å². The molecule has 0 aliphatic carbocycles. The lowest BCUT2D eigenvalue weighted by atomic mass is 10.0. The van der Waals surface area contributed by atoms with Crippen molar-refractivity contribution in [1.82, 2.24) is 9.62 Å². The van der Waals surface area contributed by atoms with Crippen LogP contribution in [0.1, 0.15) is 67.1 Å². The Morgan fingerprint density at radius 1 is 1.07 bits per heavy atom. The van der Waals surface area contributed by atoms with Crippen molar-refractivity contribution < 1.29 is 13.2 Å². The Morgan fingerprint density at radius 2 is 1.70 bits per heavy atom. The summed E-state index contributed by atoms with van der Waals surface area (Å²) in [5.41, 5.74) is 2.38. The maximum Gasteiger partial charge on any atom is 0.253 e. The maximum atomic E-state index is 13.1. The molecule has 0 aromatic heterocycles. The quantitative estimate of drug-likeness (QED) is 0.679. The lowest BCUT2D eigenvalue weighted by Gasteiger charge is -2.21. The number of hydrogen-bond donors (Lipinski definition) is 1. The molecule has 0 bridgehead atoms. The highest BCUT2D eigenvalue weighted by molar-refractivity contribution is 7.89. The van der Waals surface area contributed by atoms with Gasteiger partial charge in [0, 0.05) is 13.1 Å². The molecule has 30 heavy (non-hydrogen) atoms. The number of benzene rings is 2. The number of rotatable bonds is 6. The van der Waals surface area contributed by atoms with E-state index in [0.717, 1.165) is 37.7 Å². The van der Waals surface area contributed by atoms with Gasteiger partial charge in [-0.25, -0.2) is 8.42 Å². The van der Waals surface area contributed by atoms with Crippen molar-refractivity contribution in [2.75, 3.05) is 13.1 Å². The monoisotopic (exact) mass is 448 g/mol. The molecule has 1 atom stereocenters. The lowest BCUT2D eigenvalue weighted by molar-refractivity contribution is 0.0940. The third-order valence-electron chi connectivity index (χ3n) is 5.62. The second-order valence-electron chi connectivity index (χ2n) is 7.75. The molecule has 3 rings (SSSR count). The van der Waals surface area contributed by atoms with Crippen molar-refractivity contribution in [1.29, 1.82) is 0 Å². The Morgan fingerprint density at radius 3 is 2.30 bits per heavy atom. The summed E-state index contributed by atoms with van der Waals surface area (Å²) in [6.45, 7) is 5.01. The van der Waals surface area contributed by atoms with Crippen LogP contribution < -0.4 is 5.32 Å². The van der Waals surface area contributed by atoms with Crippen LogP contribution >= 0.6 is 11.6 Å². The van der Waals surface area contributed by atoms with Crippen LogP contribution in [0.4, 0.5) is 0 Å². The molecule has 1 unspecified atom stereocenters. The highest BCUT2D eigenvalue weighted by atomic mass is 35.5. The number of carbonyl (C=O) groups excluding carboxylic acids is 1. The first-order valence-electron chi connectivity index (χ1n) is 10.5. The Kier molecular flexibility index (Phi) is 7.55. The van der Waals surface area contributed by atoms with Gasteiger partial charge in [-0.05, 0) is 55.5 Å². The summed E-state index contributed by atoms with van der Waals surface area (Å²) in [6.07, 6.45) is 4.74. The van der Waals surface area contributed by atoms with E-state index in [2.05, 4.69) is 12.2 Å². The Balaban J connectivity index is 1.80. The van der Waals surface area contributed by atoms with Gasteiger partial charge in [-0.1, -0.05) is 55.6 Å². The second kappa shape index (κ2) is 9.94. The fourth-order valence-electron chi connectivity index (χ4n) is 3.67. The van der Waals surface area contributed by atoms with E-state index >= 15 is 0 Å². The molecule has 7 heteroatoms. The first kappa shape index (κ1) is 22.8. The molecule has 1 N–H and O–H groups in total. The molecule has 1 saturated heterocycles. The van der Waals surface area contributed by atoms with E-state index in [1.807, 2.05) is 31.2 Å². The number of nitrogens with zero attached hydrogens (tertiary/aromatic N) is 1. The Hall–Kier alpha value is -1.89. The van der Waals surface area contributed by atoms with Gasteiger partial charge < -0.3 is 5.32 Å². The zero-order chi connectivity index (χ0) is 21.7. The van der Waals surface area contributed by atoms with E-state index in [1.54, 1.807) is 0 Å². The summed E-state index contributed by atoms with van der Waals surface area (Å²) in [6, 6.07) is 12.2. The molecule has 1 fully saturated rings. The van der Waals surface area contributed by atoms with Crippen LogP contribution in [0.15, 0.2) is 47.4 Å². The molecule has 1 aliphatic rings. The first-order chi connectivity index (χ1) is 14.3. The van der Waals surface area contributed by atoms with Gasteiger partial charge in [0.2, 0.25) is 10.0 Å². The molecule has 5 nitrogen and oxygen atoms in total.